The zero-order valence-corrected chi connectivity index (χ0v) is 15.0. The van der Waals surface area contributed by atoms with E-state index in [0.29, 0.717) is 34.2 Å². The van der Waals surface area contributed by atoms with E-state index in [9.17, 15) is 4.79 Å². The van der Waals surface area contributed by atoms with E-state index in [0.717, 1.165) is 6.42 Å². The van der Waals surface area contributed by atoms with Crippen LogP contribution in [0.1, 0.15) is 36.1 Å². The first-order valence-corrected chi connectivity index (χ1v) is 8.70. The summed E-state index contributed by atoms with van der Waals surface area (Å²) in [5.41, 5.74) is 0.348. The van der Waals surface area contributed by atoms with Gasteiger partial charge in [0.1, 0.15) is 5.69 Å². The second-order valence-corrected chi connectivity index (χ2v) is 6.83. The minimum Gasteiger partial charge on any atom is -0.339 e. The first-order valence-electron chi connectivity index (χ1n) is 7.82. The van der Waals surface area contributed by atoms with Gasteiger partial charge in [-0.1, -0.05) is 19.0 Å². The third-order valence-electron chi connectivity index (χ3n) is 3.30. The number of carbonyl (C=O) groups is 1. The van der Waals surface area contributed by atoms with E-state index >= 15 is 0 Å². The molecule has 0 bridgehead atoms. The second kappa shape index (κ2) is 7.47. The predicted molar refractivity (Wildman–Crippen MR) is 91.8 cm³/mol. The van der Waals surface area contributed by atoms with Gasteiger partial charge in [-0.2, -0.15) is 4.98 Å². The minimum atomic E-state index is -0.214. The Balaban J connectivity index is 1.66. The lowest BCUT2D eigenvalue weighted by molar-refractivity contribution is 0.0775. The summed E-state index contributed by atoms with van der Waals surface area (Å²) in [5.74, 6) is 1.79. The van der Waals surface area contributed by atoms with E-state index in [1.807, 2.05) is 0 Å². The van der Waals surface area contributed by atoms with E-state index in [1.54, 1.807) is 30.9 Å². The summed E-state index contributed by atoms with van der Waals surface area (Å²) < 4.78 is 5.19. The van der Waals surface area contributed by atoms with Crippen LogP contribution < -0.4 is 0 Å². The highest BCUT2D eigenvalue weighted by atomic mass is 32.1. The Morgan fingerprint density at radius 1 is 1.28 bits per heavy atom. The Bertz CT molecular complexity index is 845. The fourth-order valence-corrected chi connectivity index (χ4v) is 2.89. The van der Waals surface area contributed by atoms with Crippen LogP contribution in [0.3, 0.4) is 0 Å². The van der Waals surface area contributed by atoms with E-state index in [2.05, 4.69) is 38.9 Å². The predicted octanol–water partition coefficient (Wildman–Crippen LogP) is 2.45. The molecule has 0 aliphatic carbocycles. The highest BCUT2D eigenvalue weighted by molar-refractivity contribution is 7.13. The third kappa shape index (κ3) is 4.24. The van der Waals surface area contributed by atoms with Crippen LogP contribution in [0, 0.1) is 5.92 Å². The number of nitrogens with zero attached hydrogens (tertiary/aromatic N) is 6. The van der Waals surface area contributed by atoms with Crippen molar-refractivity contribution in [3.8, 4) is 10.8 Å². The van der Waals surface area contributed by atoms with Crippen LogP contribution in [-0.4, -0.2) is 42.9 Å². The Morgan fingerprint density at radius 3 is 2.76 bits per heavy atom. The SMILES string of the molecule is CC(C)Cc1nc(CN(C)C(=O)c2csc(-c3ncccn3)n2)no1. The molecule has 9 heteroatoms. The summed E-state index contributed by atoms with van der Waals surface area (Å²) >= 11 is 1.33. The molecule has 0 aromatic carbocycles. The van der Waals surface area contributed by atoms with Crippen molar-refractivity contribution in [2.24, 2.45) is 5.92 Å². The number of hydrogen-bond donors (Lipinski definition) is 0. The molecule has 1 amide bonds. The molecule has 3 aromatic heterocycles. The zero-order chi connectivity index (χ0) is 17.8. The molecule has 0 fully saturated rings. The maximum atomic E-state index is 12.5. The van der Waals surface area contributed by atoms with Crippen molar-refractivity contribution >= 4 is 17.2 Å². The summed E-state index contributed by atoms with van der Waals surface area (Å²) in [6, 6.07) is 1.73. The van der Waals surface area contributed by atoms with Crippen molar-refractivity contribution < 1.29 is 9.32 Å². The van der Waals surface area contributed by atoms with Crippen LogP contribution in [0.2, 0.25) is 0 Å². The van der Waals surface area contributed by atoms with Crippen LogP contribution in [0.5, 0.6) is 0 Å². The van der Waals surface area contributed by atoms with Gasteiger partial charge in [0.25, 0.3) is 5.91 Å². The van der Waals surface area contributed by atoms with Crippen LogP contribution >= 0.6 is 11.3 Å². The van der Waals surface area contributed by atoms with Gasteiger partial charge in [-0.25, -0.2) is 15.0 Å². The maximum Gasteiger partial charge on any atom is 0.273 e. The Morgan fingerprint density at radius 2 is 2.04 bits per heavy atom. The summed E-state index contributed by atoms with van der Waals surface area (Å²) in [4.78, 5) is 30.9. The lowest BCUT2D eigenvalue weighted by Crippen LogP contribution is -2.27. The molecule has 25 heavy (non-hydrogen) atoms. The lowest BCUT2D eigenvalue weighted by atomic mass is 10.1. The van der Waals surface area contributed by atoms with Gasteiger partial charge in [-0.05, 0) is 12.0 Å². The van der Waals surface area contributed by atoms with Gasteiger partial charge in [-0.3, -0.25) is 4.79 Å². The largest absolute Gasteiger partial charge is 0.339 e. The molecule has 0 unspecified atom stereocenters. The Hall–Kier alpha value is -2.68. The van der Waals surface area contributed by atoms with E-state index in [4.69, 9.17) is 4.52 Å². The lowest BCUT2D eigenvalue weighted by Gasteiger charge is -2.12. The molecule has 130 valence electrons. The maximum absolute atomic E-state index is 12.5. The molecule has 3 rings (SSSR count). The van der Waals surface area contributed by atoms with Crippen molar-refractivity contribution in [2.45, 2.75) is 26.8 Å². The molecule has 3 aromatic rings. The van der Waals surface area contributed by atoms with Crippen LogP contribution in [0.4, 0.5) is 0 Å². The molecule has 0 saturated heterocycles. The van der Waals surface area contributed by atoms with Gasteiger partial charge >= 0.3 is 0 Å². The van der Waals surface area contributed by atoms with Crippen molar-refractivity contribution in [3.05, 3.63) is 41.2 Å². The summed E-state index contributed by atoms with van der Waals surface area (Å²) in [6.45, 7) is 4.42. The zero-order valence-electron chi connectivity index (χ0n) is 14.2. The molecule has 0 radical (unpaired) electrons. The summed E-state index contributed by atoms with van der Waals surface area (Å²) in [6.07, 6.45) is 4.00. The summed E-state index contributed by atoms with van der Waals surface area (Å²) in [7, 11) is 1.68. The van der Waals surface area contributed by atoms with Crippen molar-refractivity contribution in [3.63, 3.8) is 0 Å². The fraction of sp³-hybridized carbons (Fsp3) is 0.375. The molecule has 3 heterocycles. The quantitative estimate of drug-likeness (QED) is 0.667. The normalized spacial score (nSPS) is 11.0. The average molecular weight is 358 g/mol. The standard InChI is InChI=1S/C16H18N6O2S/c1-10(2)7-13-20-12(21-24-13)8-22(3)16(23)11-9-25-15(19-11)14-17-5-4-6-18-14/h4-6,9-10H,7-8H2,1-3H3. The molecular formula is C16H18N6O2S. The first-order chi connectivity index (χ1) is 12.0. The van der Waals surface area contributed by atoms with Crippen LogP contribution in [0.25, 0.3) is 10.8 Å². The topological polar surface area (TPSA) is 97.9 Å². The first kappa shape index (κ1) is 17.2. The minimum absolute atomic E-state index is 0.214. The number of thiazole rings is 1. The number of aromatic nitrogens is 5. The second-order valence-electron chi connectivity index (χ2n) is 5.97. The highest BCUT2D eigenvalue weighted by Gasteiger charge is 2.19. The van der Waals surface area contributed by atoms with E-state index in [1.165, 1.54) is 16.2 Å². The van der Waals surface area contributed by atoms with Gasteiger partial charge < -0.3 is 9.42 Å². The van der Waals surface area contributed by atoms with Crippen LogP contribution in [0.15, 0.2) is 28.4 Å². The molecule has 0 aliphatic heterocycles. The highest BCUT2D eigenvalue weighted by Crippen LogP contribution is 2.20. The Labute approximate surface area is 149 Å². The number of rotatable bonds is 6. The van der Waals surface area contributed by atoms with Gasteiger partial charge in [0.2, 0.25) is 5.89 Å². The van der Waals surface area contributed by atoms with E-state index in [-0.39, 0.29) is 12.5 Å². The smallest absolute Gasteiger partial charge is 0.273 e. The van der Waals surface area contributed by atoms with Gasteiger partial charge in [0.15, 0.2) is 16.7 Å². The van der Waals surface area contributed by atoms with Gasteiger partial charge in [0, 0.05) is 31.2 Å². The van der Waals surface area contributed by atoms with Gasteiger partial charge in [-0.15, -0.1) is 11.3 Å². The Kier molecular flexibility index (Phi) is 5.13. The van der Waals surface area contributed by atoms with Crippen molar-refractivity contribution in [1.82, 2.24) is 30.0 Å². The molecule has 0 aliphatic rings. The molecule has 8 nitrogen and oxygen atoms in total. The van der Waals surface area contributed by atoms with Crippen LogP contribution in [-0.2, 0) is 13.0 Å². The molecule has 0 atom stereocenters. The van der Waals surface area contributed by atoms with E-state index < -0.39 is 0 Å². The average Bonchev–Trinajstić information content (AvgIpc) is 3.24. The molecule has 0 N–H and O–H groups in total. The monoisotopic (exact) mass is 358 g/mol. The summed E-state index contributed by atoms with van der Waals surface area (Å²) in [5, 5.41) is 6.23. The number of amides is 1. The van der Waals surface area contributed by atoms with Gasteiger partial charge in [0.05, 0.1) is 6.54 Å². The fourth-order valence-electron chi connectivity index (χ4n) is 2.15. The third-order valence-corrected chi connectivity index (χ3v) is 4.14. The number of hydrogen-bond acceptors (Lipinski definition) is 8. The molecule has 0 spiro atoms. The molecular weight excluding hydrogens is 340 g/mol. The van der Waals surface area contributed by atoms with Crippen molar-refractivity contribution in [1.29, 1.82) is 0 Å². The number of carbonyl (C=O) groups excluding carboxylic acids is 1. The van der Waals surface area contributed by atoms with Crippen molar-refractivity contribution in [2.75, 3.05) is 7.05 Å². The molecule has 0 saturated carbocycles.